The fourth-order valence-electron chi connectivity index (χ4n) is 1.64. The summed E-state index contributed by atoms with van der Waals surface area (Å²) in [6.45, 7) is 5.00. The summed E-state index contributed by atoms with van der Waals surface area (Å²) >= 11 is 3.40. The molecule has 0 atom stereocenters. The van der Waals surface area contributed by atoms with E-state index in [2.05, 4.69) is 45.9 Å². The molecule has 0 N–H and O–H groups in total. The largest absolute Gasteiger partial charge is 0.442 e. The van der Waals surface area contributed by atoms with E-state index < -0.39 is 0 Å². The van der Waals surface area contributed by atoms with Crippen LogP contribution < -0.4 is 0 Å². The summed E-state index contributed by atoms with van der Waals surface area (Å²) in [5.74, 6) is 0.811. The molecule has 2 heterocycles. The molecule has 16 heavy (non-hydrogen) atoms. The predicted octanol–water partition coefficient (Wildman–Crippen LogP) is 3.02. The molecule has 0 aliphatic carbocycles. The Hall–Kier alpha value is -1.10. The van der Waals surface area contributed by atoms with Crippen molar-refractivity contribution in [1.82, 2.24) is 14.8 Å². The van der Waals surface area contributed by atoms with Crippen LogP contribution in [0.3, 0.4) is 0 Å². The highest BCUT2D eigenvalue weighted by molar-refractivity contribution is 9.08. The zero-order valence-corrected chi connectivity index (χ0v) is 11.0. The van der Waals surface area contributed by atoms with Crippen molar-refractivity contribution in [3.05, 3.63) is 23.8 Å². The van der Waals surface area contributed by atoms with Gasteiger partial charge in [0, 0.05) is 11.9 Å². The number of alkyl halides is 1. The molecule has 5 heteroatoms. The van der Waals surface area contributed by atoms with E-state index in [1.807, 2.05) is 4.68 Å². The molecule has 0 saturated carbocycles. The van der Waals surface area contributed by atoms with Gasteiger partial charge in [0.1, 0.15) is 5.69 Å². The number of hydrogen-bond donors (Lipinski definition) is 0. The second-order valence-corrected chi connectivity index (χ2v) is 4.01. The van der Waals surface area contributed by atoms with E-state index in [0.717, 1.165) is 35.8 Å². The van der Waals surface area contributed by atoms with E-state index in [-0.39, 0.29) is 0 Å². The Morgan fingerprint density at radius 1 is 1.44 bits per heavy atom. The summed E-state index contributed by atoms with van der Waals surface area (Å²) in [5, 5.41) is 5.18. The van der Waals surface area contributed by atoms with Crippen LogP contribution in [0.15, 0.2) is 16.9 Å². The Labute approximate surface area is 103 Å². The normalized spacial score (nSPS) is 10.9. The molecule has 2 rings (SSSR count). The maximum Gasteiger partial charge on any atom is 0.181 e. The Morgan fingerprint density at radius 3 is 2.88 bits per heavy atom. The van der Waals surface area contributed by atoms with Crippen molar-refractivity contribution in [3.8, 4) is 11.5 Å². The monoisotopic (exact) mass is 283 g/mol. The lowest BCUT2D eigenvalue weighted by molar-refractivity contribution is 0.556. The molecule has 0 radical (unpaired) electrons. The van der Waals surface area contributed by atoms with Crippen molar-refractivity contribution in [2.24, 2.45) is 0 Å². The number of rotatable bonds is 4. The average molecular weight is 284 g/mol. The fourth-order valence-corrected chi connectivity index (χ4v) is 2.04. The molecule has 0 aliphatic rings. The quantitative estimate of drug-likeness (QED) is 0.811. The lowest BCUT2D eigenvalue weighted by atomic mass is 10.2. The van der Waals surface area contributed by atoms with Gasteiger partial charge in [-0.1, -0.05) is 22.9 Å². The topological polar surface area (TPSA) is 43.9 Å². The van der Waals surface area contributed by atoms with E-state index in [4.69, 9.17) is 4.42 Å². The lowest BCUT2D eigenvalue weighted by Crippen LogP contribution is -2.00. The molecule has 0 amide bonds. The van der Waals surface area contributed by atoms with Gasteiger partial charge in [0.25, 0.3) is 0 Å². The van der Waals surface area contributed by atoms with E-state index in [1.165, 1.54) is 6.39 Å². The van der Waals surface area contributed by atoms with Gasteiger partial charge in [0.05, 0.1) is 11.4 Å². The van der Waals surface area contributed by atoms with Gasteiger partial charge in [-0.2, -0.15) is 5.10 Å². The standard InChI is InChI=1S/C11H14BrN3O/c1-3-8-5-10(15(4-2)14-8)11-9(6-12)13-7-16-11/h5,7H,3-4,6H2,1-2H3. The van der Waals surface area contributed by atoms with E-state index in [9.17, 15) is 0 Å². The van der Waals surface area contributed by atoms with E-state index in [1.54, 1.807) is 0 Å². The van der Waals surface area contributed by atoms with Crippen LogP contribution in [0, 0.1) is 0 Å². The number of aromatic nitrogens is 3. The molecule has 4 nitrogen and oxygen atoms in total. The maximum absolute atomic E-state index is 5.44. The van der Waals surface area contributed by atoms with Crippen LogP contribution in [0.1, 0.15) is 25.2 Å². The van der Waals surface area contributed by atoms with Crippen molar-refractivity contribution in [3.63, 3.8) is 0 Å². The highest BCUT2D eigenvalue weighted by Gasteiger charge is 2.15. The van der Waals surface area contributed by atoms with Crippen LogP contribution in [0.5, 0.6) is 0 Å². The van der Waals surface area contributed by atoms with Gasteiger partial charge in [-0.25, -0.2) is 4.98 Å². The van der Waals surface area contributed by atoms with Gasteiger partial charge in [-0.15, -0.1) is 0 Å². The molecule has 0 spiro atoms. The first-order chi connectivity index (χ1) is 7.80. The van der Waals surface area contributed by atoms with Gasteiger partial charge in [0.15, 0.2) is 12.2 Å². The van der Waals surface area contributed by atoms with Crippen LogP contribution in [-0.4, -0.2) is 14.8 Å². The third-order valence-electron chi connectivity index (χ3n) is 2.49. The van der Waals surface area contributed by atoms with Crippen molar-refractivity contribution in [2.75, 3.05) is 0 Å². The first-order valence-corrected chi connectivity index (χ1v) is 6.47. The van der Waals surface area contributed by atoms with Crippen molar-refractivity contribution >= 4 is 15.9 Å². The first kappa shape index (κ1) is 11.4. The zero-order chi connectivity index (χ0) is 11.5. The van der Waals surface area contributed by atoms with Gasteiger partial charge in [-0.05, 0) is 19.4 Å². The molecular formula is C11H14BrN3O. The van der Waals surface area contributed by atoms with Crippen LogP contribution in [0.4, 0.5) is 0 Å². The van der Waals surface area contributed by atoms with Crippen molar-refractivity contribution in [1.29, 1.82) is 0 Å². The summed E-state index contributed by atoms with van der Waals surface area (Å²) in [6.07, 6.45) is 2.41. The molecule has 0 aliphatic heterocycles. The SMILES string of the molecule is CCc1cc(-c2ocnc2CBr)n(CC)n1. The van der Waals surface area contributed by atoms with E-state index >= 15 is 0 Å². The second-order valence-electron chi connectivity index (χ2n) is 3.45. The second kappa shape index (κ2) is 4.82. The Bertz CT molecular complexity index is 475. The summed E-state index contributed by atoms with van der Waals surface area (Å²) in [7, 11) is 0. The number of nitrogens with zero attached hydrogens (tertiary/aromatic N) is 3. The van der Waals surface area contributed by atoms with Crippen LogP contribution in [-0.2, 0) is 18.3 Å². The highest BCUT2D eigenvalue weighted by atomic mass is 79.9. The van der Waals surface area contributed by atoms with Gasteiger partial charge >= 0.3 is 0 Å². The molecule has 86 valence electrons. The Kier molecular flexibility index (Phi) is 3.43. The lowest BCUT2D eigenvalue weighted by Gasteiger charge is -2.01. The minimum Gasteiger partial charge on any atom is -0.442 e. The van der Waals surface area contributed by atoms with E-state index in [0.29, 0.717) is 5.33 Å². The highest BCUT2D eigenvalue weighted by Crippen LogP contribution is 2.25. The van der Waals surface area contributed by atoms with Gasteiger partial charge in [-0.3, -0.25) is 4.68 Å². The Morgan fingerprint density at radius 2 is 2.25 bits per heavy atom. The summed E-state index contributed by atoms with van der Waals surface area (Å²) in [6, 6.07) is 2.07. The predicted molar refractivity (Wildman–Crippen MR) is 65.4 cm³/mol. The van der Waals surface area contributed by atoms with Gasteiger partial charge in [0.2, 0.25) is 0 Å². The van der Waals surface area contributed by atoms with Crippen LogP contribution in [0.2, 0.25) is 0 Å². The molecule has 2 aromatic rings. The minimum atomic E-state index is 0.690. The average Bonchev–Trinajstić information content (AvgIpc) is 2.93. The molecular weight excluding hydrogens is 270 g/mol. The number of aryl methyl sites for hydroxylation is 2. The molecule has 0 fully saturated rings. The van der Waals surface area contributed by atoms with Crippen LogP contribution in [0.25, 0.3) is 11.5 Å². The Balaban J connectivity index is 2.50. The minimum absolute atomic E-state index is 0.690. The summed E-state index contributed by atoms with van der Waals surface area (Å²) in [4.78, 5) is 4.17. The number of halogens is 1. The summed E-state index contributed by atoms with van der Waals surface area (Å²) in [5.41, 5.74) is 3.00. The van der Waals surface area contributed by atoms with Gasteiger partial charge < -0.3 is 4.42 Å². The maximum atomic E-state index is 5.44. The molecule has 0 bridgehead atoms. The van der Waals surface area contributed by atoms with Crippen LogP contribution >= 0.6 is 15.9 Å². The molecule has 0 aromatic carbocycles. The fraction of sp³-hybridized carbons (Fsp3) is 0.455. The zero-order valence-electron chi connectivity index (χ0n) is 9.40. The number of oxazole rings is 1. The molecule has 0 saturated heterocycles. The molecule has 2 aromatic heterocycles. The smallest absolute Gasteiger partial charge is 0.181 e. The molecule has 0 unspecified atom stereocenters. The number of hydrogen-bond acceptors (Lipinski definition) is 3. The third-order valence-corrected chi connectivity index (χ3v) is 3.02. The first-order valence-electron chi connectivity index (χ1n) is 5.35. The summed E-state index contributed by atoms with van der Waals surface area (Å²) < 4.78 is 7.39. The third kappa shape index (κ3) is 1.91. The van der Waals surface area contributed by atoms with Crippen molar-refractivity contribution in [2.45, 2.75) is 32.1 Å². The van der Waals surface area contributed by atoms with Crippen molar-refractivity contribution < 1.29 is 4.42 Å².